The van der Waals surface area contributed by atoms with Gasteiger partial charge < -0.3 is 19.4 Å². The molecule has 0 aliphatic rings. The number of nitrogens with one attached hydrogen (secondary N) is 2. The monoisotopic (exact) mass is 537 g/mol. The lowest BCUT2D eigenvalue weighted by molar-refractivity contribution is -0.157. The molecule has 0 saturated carbocycles. The van der Waals surface area contributed by atoms with E-state index in [0.717, 1.165) is 10.9 Å². The summed E-state index contributed by atoms with van der Waals surface area (Å²) in [5.41, 5.74) is 0.206. The first-order valence-electron chi connectivity index (χ1n) is 12.4. The lowest BCUT2D eigenvalue weighted by Gasteiger charge is -2.39. The molecule has 0 fully saturated rings. The van der Waals surface area contributed by atoms with Gasteiger partial charge in [-0.3, -0.25) is 10.1 Å². The highest BCUT2D eigenvalue weighted by atomic mass is 32.1. The van der Waals surface area contributed by atoms with Crippen molar-refractivity contribution in [2.75, 3.05) is 0 Å². The Bertz CT molecular complexity index is 1380. The van der Waals surface area contributed by atoms with Crippen LogP contribution in [0.25, 0.3) is 10.9 Å². The van der Waals surface area contributed by atoms with Gasteiger partial charge in [-0.15, -0.1) is 0 Å². The number of hydrogen-bond donors (Lipinski definition) is 2. The number of amides is 1. The van der Waals surface area contributed by atoms with Gasteiger partial charge in [-0.2, -0.15) is 0 Å². The Balaban J connectivity index is 1.99. The molecule has 1 amide bonds. The fourth-order valence-electron chi connectivity index (χ4n) is 4.30. The maximum Gasteiger partial charge on any atom is 0.413 e. The third kappa shape index (κ3) is 7.19. The van der Waals surface area contributed by atoms with E-state index in [9.17, 15) is 14.4 Å². The van der Waals surface area contributed by atoms with Gasteiger partial charge in [0.2, 0.25) is 0 Å². The molecular formula is C29H35N3O5S. The lowest BCUT2D eigenvalue weighted by atomic mass is 9.75. The number of rotatable bonds is 7. The van der Waals surface area contributed by atoms with Crippen LogP contribution in [-0.2, 0) is 33.5 Å². The number of benzene rings is 2. The number of aryl methyl sites for hydroxylation is 1. The zero-order valence-corrected chi connectivity index (χ0v) is 23.5. The summed E-state index contributed by atoms with van der Waals surface area (Å²) in [4.78, 5) is 38.4. The topological polar surface area (TPSA) is 98.7 Å². The number of thiocarbonyl (C=S) groups is 1. The van der Waals surface area contributed by atoms with E-state index in [1.165, 1.54) is 6.07 Å². The number of ether oxygens (including phenoxy) is 2. The SMILES string of the molecule is CC(C)OC(=O)C(CC(C)(C)C)(NC(=S)NC(=O)OCc1ccccc1)c1ccc2c(ccc(=O)n2C)c1. The Kier molecular flexibility index (Phi) is 8.93. The molecule has 3 rings (SSSR count). The number of esters is 1. The zero-order chi connectivity index (χ0) is 28.1. The molecule has 2 N–H and O–H groups in total. The summed E-state index contributed by atoms with van der Waals surface area (Å²) < 4.78 is 12.6. The minimum absolute atomic E-state index is 0.0706. The van der Waals surface area contributed by atoms with E-state index < -0.39 is 17.6 Å². The van der Waals surface area contributed by atoms with Crippen LogP contribution in [0.1, 0.15) is 52.2 Å². The molecular weight excluding hydrogens is 502 g/mol. The molecule has 2 aromatic carbocycles. The number of carbonyl (C=O) groups is 2. The second-order valence-electron chi connectivity index (χ2n) is 10.7. The van der Waals surface area contributed by atoms with Gasteiger partial charge in [0, 0.05) is 13.1 Å². The van der Waals surface area contributed by atoms with Gasteiger partial charge in [-0.1, -0.05) is 57.2 Å². The minimum Gasteiger partial charge on any atom is -0.461 e. The van der Waals surface area contributed by atoms with E-state index in [-0.39, 0.29) is 28.8 Å². The van der Waals surface area contributed by atoms with Crippen molar-refractivity contribution >= 4 is 40.3 Å². The van der Waals surface area contributed by atoms with Crippen LogP contribution in [0.15, 0.2) is 65.5 Å². The molecule has 1 heterocycles. The van der Waals surface area contributed by atoms with Crippen LogP contribution in [0, 0.1) is 5.41 Å². The maximum atomic E-state index is 13.8. The third-order valence-electron chi connectivity index (χ3n) is 5.86. The number of pyridine rings is 1. The zero-order valence-electron chi connectivity index (χ0n) is 22.7. The summed E-state index contributed by atoms with van der Waals surface area (Å²) in [5.74, 6) is -0.534. The van der Waals surface area contributed by atoms with Crippen molar-refractivity contribution in [3.05, 3.63) is 82.1 Å². The van der Waals surface area contributed by atoms with Crippen molar-refractivity contribution in [1.29, 1.82) is 0 Å². The van der Waals surface area contributed by atoms with E-state index in [0.29, 0.717) is 17.5 Å². The largest absolute Gasteiger partial charge is 0.461 e. The Labute approximate surface area is 228 Å². The molecule has 9 heteroatoms. The predicted octanol–water partition coefficient (Wildman–Crippen LogP) is 4.92. The summed E-state index contributed by atoms with van der Waals surface area (Å²) >= 11 is 5.49. The van der Waals surface area contributed by atoms with Gasteiger partial charge in [0.15, 0.2) is 10.7 Å². The van der Waals surface area contributed by atoms with E-state index in [2.05, 4.69) is 10.6 Å². The van der Waals surface area contributed by atoms with Crippen LogP contribution >= 0.6 is 12.2 Å². The predicted molar refractivity (Wildman–Crippen MR) is 152 cm³/mol. The van der Waals surface area contributed by atoms with Crippen LogP contribution in [0.5, 0.6) is 0 Å². The first kappa shape index (κ1) is 28.8. The van der Waals surface area contributed by atoms with Gasteiger partial charge in [0.05, 0.1) is 11.6 Å². The fraction of sp³-hybridized carbons (Fsp3) is 0.379. The third-order valence-corrected chi connectivity index (χ3v) is 6.06. The van der Waals surface area contributed by atoms with Crippen LogP contribution in [0.4, 0.5) is 4.79 Å². The number of hydrogen-bond acceptors (Lipinski definition) is 6. The van der Waals surface area contributed by atoms with Gasteiger partial charge >= 0.3 is 12.1 Å². The van der Waals surface area contributed by atoms with Crippen LogP contribution in [-0.4, -0.2) is 27.8 Å². The van der Waals surface area contributed by atoms with Crippen LogP contribution in [0.2, 0.25) is 0 Å². The van der Waals surface area contributed by atoms with Gasteiger partial charge in [-0.05, 0) is 72.6 Å². The maximum absolute atomic E-state index is 13.8. The average molecular weight is 538 g/mol. The smallest absolute Gasteiger partial charge is 0.413 e. The molecule has 0 saturated heterocycles. The van der Waals surface area contributed by atoms with E-state index >= 15 is 0 Å². The van der Waals surface area contributed by atoms with Crippen molar-refractivity contribution in [1.82, 2.24) is 15.2 Å². The lowest BCUT2D eigenvalue weighted by Crippen LogP contribution is -2.58. The molecule has 38 heavy (non-hydrogen) atoms. The van der Waals surface area contributed by atoms with Crippen molar-refractivity contribution in [3.63, 3.8) is 0 Å². The van der Waals surface area contributed by atoms with Crippen molar-refractivity contribution < 1.29 is 19.1 Å². The summed E-state index contributed by atoms with van der Waals surface area (Å²) in [6, 6.07) is 17.9. The Hall–Kier alpha value is -3.72. The highest BCUT2D eigenvalue weighted by Crippen LogP contribution is 2.37. The highest BCUT2D eigenvalue weighted by Gasteiger charge is 2.46. The van der Waals surface area contributed by atoms with Crippen molar-refractivity contribution in [3.8, 4) is 0 Å². The summed E-state index contributed by atoms with van der Waals surface area (Å²) in [7, 11) is 1.69. The highest BCUT2D eigenvalue weighted by molar-refractivity contribution is 7.80. The molecule has 1 atom stereocenters. The molecule has 8 nitrogen and oxygen atoms in total. The number of carbonyl (C=O) groups excluding carboxylic acids is 2. The molecule has 3 aromatic rings. The number of alkyl carbamates (subject to hydrolysis) is 1. The van der Waals surface area contributed by atoms with Gasteiger partial charge in [-0.25, -0.2) is 9.59 Å². The van der Waals surface area contributed by atoms with Gasteiger partial charge in [0.1, 0.15) is 6.61 Å². The van der Waals surface area contributed by atoms with E-state index in [1.54, 1.807) is 43.7 Å². The summed E-state index contributed by atoms with van der Waals surface area (Å²) in [6.07, 6.45) is -0.840. The molecule has 0 aliphatic heterocycles. The molecule has 1 unspecified atom stereocenters. The summed E-state index contributed by atoms with van der Waals surface area (Å²) in [6.45, 7) is 9.62. The fourth-order valence-corrected chi connectivity index (χ4v) is 4.55. The first-order valence-corrected chi connectivity index (χ1v) is 12.8. The number of aromatic nitrogens is 1. The first-order chi connectivity index (χ1) is 17.8. The standard InChI is InChI=1S/C29H35N3O5S/c1-19(2)37-25(34)29(18-28(3,4)5,22-13-14-23-21(16-22)12-15-24(33)32(23)6)31-26(38)30-27(35)36-17-20-10-8-7-9-11-20/h7-16,19H,17-18H2,1-6H3,(H2,30,31,35,38). The van der Waals surface area contributed by atoms with E-state index in [4.69, 9.17) is 21.7 Å². The second kappa shape index (κ2) is 11.8. The Morgan fingerprint density at radius 1 is 1.03 bits per heavy atom. The molecule has 0 bridgehead atoms. The molecule has 0 aliphatic carbocycles. The van der Waals surface area contributed by atoms with E-state index in [1.807, 2.05) is 57.2 Å². The van der Waals surface area contributed by atoms with Crippen LogP contribution in [0.3, 0.4) is 0 Å². The number of nitrogens with zero attached hydrogens (tertiary/aromatic N) is 1. The quantitative estimate of drug-likeness (QED) is 0.326. The Morgan fingerprint density at radius 2 is 1.71 bits per heavy atom. The normalized spacial score (nSPS) is 13.0. The minimum atomic E-state index is -1.44. The van der Waals surface area contributed by atoms with Crippen LogP contribution < -0.4 is 16.2 Å². The summed E-state index contributed by atoms with van der Waals surface area (Å²) in [5, 5.41) is 6.33. The number of fused-ring (bicyclic) bond motifs is 1. The molecule has 202 valence electrons. The molecule has 1 aromatic heterocycles. The van der Waals surface area contributed by atoms with Crippen molar-refractivity contribution in [2.24, 2.45) is 12.5 Å². The average Bonchev–Trinajstić information content (AvgIpc) is 2.83. The second-order valence-corrected chi connectivity index (χ2v) is 11.2. The molecule has 0 spiro atoms. The van der Waals surface area contributed by atoms with Crippen molar-refractivity contribution in [2.45, 2.75) is 59.3 Å². The molecule has 0 radical (unpaired) electrons. The Morgan fingerprint density at radius 3 is 2.34 bits per heavy atom. The van der Waals surface area contributed by atoms with Gasteiger partial charge in [0.25, 0.3) is 5.56 Å².